The number of rotatable bonds is 8. The molecule has 3 aromatic carbocycles. The summed E-state index contributed by atoms with van der Waals surface area (Å²) in [6.45, 7) is 0.259. The van der Waals surface area contributed by atoms with Gasteiger partial charge in [-0.25, -0.2) is 4.90 Å². The van der Waals surface area contributed by atoms with Crippen molar-refractivity contribution in [2.75, 3.05) is 10.2 Å². The molecular weight excluding hydrogens is 502 g/mol. The molecule has 1 saturated carbocycles. The topological polar surface area (TPSA) is 113 Å². The van der Waals surface area contributed by atoms with Crippen LogP contribution >= 0.6 is 11.8 Å². The number of carbonyl (C=O) groups is 2. The van der Waals surface area contributed by atoms with Crippen LogP contribution in [0.2, 0.25) is 0 Å². The fourth-order valence-electron chi connectivity index (χ4n) is 5.91. The van der Waals surface area contributed by atoms with Gasteiger partial charge in [0.25, 0.3) is 5.69 Å². The van der Waals surface area contributed by atoms with Crippen molar-refractivity contribution in [2.24, 2.45) is 23.7 Å². The Hall–Kier alpha value is -3.95. The van der Waals surface area contributed by atoms with E-state index in [4.69, 9.17) is 0 Å². The molecule has 1 saturated heterocycles. The molecule has 1 heterocycles. The maximum atomic E-state index is 13.2. The molecule has 192 valence electrons. The fraction of sp³-hybridized carbons (Fsp3) is 0.241. The number of allylic oxidation sites excluding steroid dienone is 2. The van der Waals surface area contributed by atoms with Crippen molar-refractivity contribution < 1.29 is 19.6 Å². The molecule has 6 rings (SSSR count). The lowest BCUT2D eigenvalue weighted by Crippen LogP contribution is -2.32. The first-order chi connectivity index (χ1) is 18.5. The Balaban J connectivity index is 1.23. The predicted molar refractivity (Wildman–Crippen MR) is 144 cm³/mol. The molecule has 3 aromatic rings. The summed E-state index contributed by atoms with van der Waals surface area (Å²) in [5.74, 6) is -1.10. The van der Waals surface area contributed by atoms with Crippen LogP contribution in [0.3, 0.4) is 0 Å². The molecular formula is C29H25N3O5S. The standard InChI is InChI=1S/C29H25N3O5S/c33-16-20-6-2-4-8-25(20)38-24-7-3-1-5-19(24)15-30-22-12-11-21(14-23(22)32(36)37)31-28(34)26-17-9-10-18(13-17)27(26)29(31)35/h1-12,14,17-18,26-27,30,33H,13,15-16H2/t17-,18-,26-,27-/m0/s1. The van der Waals surface area contributed by atoms with E-state index in [1.165, 1.54) is 17.8 Å². The van der Waals surface area contributed by atoms with E-state index in [1.54, 1.807) is 12.1 Å². The number of benzene rings is 3. The number of nitro benzene ring substituents is 1. The molecule has 0 radical (unpaired) electrons. The molecule has 9 heteroatoms. The Morgan fingerprint density at radius 1 is 0.921 bits per heavy atom. The first-order valence-corrected chi connectivity index (χ1v) is 13.3. The molecule has 1 aliphatic heterocycles. The number of nitrogens with one attached hydrogen (secondary N) is 1. The first-order valence-electron chi connectivity index (χ1n) is 12.5. The zero-order valence-corrected chi connectivity index (χ0v) is 21.1. The van der Waals surface area contributed by atoms with E-state index in [0.29, 0.717) is 12.2 Å². The first kappa shape index (κ1) is 24.4. The van der Waals surface area contributed by atoms with Gasteiger partial charge < -0.3 is 10.4 Å². The van der Waals surface area contributed by atoms with Crippen molar-refractivity contribution >= 4 is 40.6 Å². The maximum absolute atomic E-state index is 13.2. The minimum absolute atomic E-state index is 0.0660. The smallest absolute Gasteiger partial charge is 0.294 e. The highest BCUT2D eigenvalue weighted by molar-refractivity contribution is 7.99. The molecule has 2 N–H and O–H groups in total. The van der Waals surface area contributed by atoms with E-state index in [0.717, 1.165) is 32.2 Å². The summed E-state index contributed by atoms with van der Waals surface area (Å²) in [6, 6.07) is 19.8. The van der Waals surface area contributed by atoms with E-state index in [-0.39, 0.29) is 53.5 Å². The molecule has 38 heavy (non-hydrogen) atoms. The van der Waals surface area contributed by atoms with E-state index < -0.39 is 4.92 Å². The Morgan fingerprint density at radius 3 is 2.16 bits per heavy atom. The number of hydrogen-bond acceptors (Lipinski definition) is 7. The summed E-state index contributed by atoms with van der Waals surface area (Å²) in [4.78, 5) is 40.9. The van der Waals surface area contributed by atoms with Crippen LogP contribution in [-0.4, -0.2) is 21.8 Å². The lowest BCUT2D eigenvalue weighted by atomic mass is 9.85. The highest BCUT2D eigenvalue weighted by Gasteiger charge is 2.59. The number of carbonyl (C=O) groups excluding carboxylic acids is 2. The molecule has 2 fully saturated rings. The average Bonchev–Trinajstić information content (AvgIpc) is 3.62. The van der Waals surface area contributed by atoms with Crippen molar-refractivity contribution in [3.8, 4) is 0 Å². The summed E-state index contributed by atoms with van der Waals surface area (Å²) in [6.07, 6.45) is 4.87. The van der Waals surface area contributed by atoms with Gasteiger partial charge in [-0.15, -0.1) is 0 Å². The van der Waals surface area contributed by atoms with Gasteiger partial charge in [-0.1, -0.05) is 60.3 Å². The number of hydrogen-bond donors (Lipinski definition) is 2. The summed E-state index contributed by atoms with van der Waals surface area (Å²) in [7, 11) is 0. The van der Waals surface area contributed by atoms with E-state index in [2.05, 4.69) is 5.32 Å². The molecule has 0 aromatic heterocycles. The third kappa shape index (κ3) is 4.08. The second-order valence-electron chi connectivity index (χ2n) is 9.80. The number of nitrogens with zero attached hydrogens (tertiary/aromatic N) is 2. The van der Waals surface area contributed by atoms with E-state index in [1.807, 2.05) is 60.7 Å². The minimum Gasteiger partial charge on any atom is -0.392 e. The normalized spacial score (nSPS) is 23.2. The Labute approximate surface area is 223 Å². The van der Waals surface area contributed by atoms with Gasteiger partial charge in [-0.05, 0) is 53.6 Å². The van der Waals surface area contributed by atoms with E-state index in [9.17, 15) is 24.8 Å². The monoisotopic (exact) mass is 527 g/mol. The zero-order valence-electron chi connectivity index (χ0n) is 20.3. The Morgan fingerprint density at radius 2 is 1.53 bits per heavy atom. The number of anilines is 2. The van der Waals surface area contributed by atoms with Crippen LogP contribution in [0.1, 0.15) is 17.5 Å². The lowest BCUT2D eigenvalue weighted by Gasteiger charge is -2.18. The Bertz CT molecular complexity index is 1460. The number of fused-ring (bicyclic) bond motifs is 5. The fourth-order valence-corrected chi connectivity index (χ4v) is 6.97. The van der Waals surface area contributed by atoms with Crippen LogP contribution in [0.5, 0.6) is 0 Å². The van der Waals surface area contributed by atoms with Gasteiger partial charge in [-0.2, -0.15) is 0 Å². The number of aliphatic hydroxyl groups is 1. The minimum atomic E-state index is -0.499. The van der Waals surface area contributed by atoms with Gasteiger partial charge >= 0.3 is 0 Å². The van der Waals surface area contributed by atoms with E-state index >= 15 is 0 Å². The van der Waals surface area contributed by atoms with Gasteiger partial charge in [0, 0.05) is 22.4 Å². The maximum Gasteiger partial charge on any atom is 0.294 e. The quantitative estimate of drug-likeness (QED) is 0.180. The number of amides is 2. The summed E-state index contributed by atoms with van der Waals surface area (Å²) in [5.41, 5.74) is 2.10. The molecule has 0 spiro atoms. The molecule has 8 nitrogen and oxygen atoms in total. The largest absolute Gasteiger partial charge is 0.392 e. The van der Waals surface area contributed by atoms with Crippen LogP contribution in [0, 0.1) is 33.8 Å². The number of aliphatic hydroxyl groups excluding tert-OH is 1. The number of nitro groups is 1. The van der Waals surface area contributed by atoms with Crippen LogP contribution in [0.25, 0.3) is 0 Å². The Kier molecular flexibility index (Phi) is 6.25. The van der Waals surface area contributed by atoms with Crippen molar-refractivity contribution in [1.29, 1.82) is 0 Å². The van der Waals surface area contributed by atoms with Gasteiger partial charge in [0.1, 0.15) is 5.69 Å². The third-order valence-corrected chi connectivity index (χ3v) is 8.95. The van der Waals surface area contributed by atoms with Gasteiger partial charge in [0.05, 0.1) is 29.1 Å². The van der Waals surface area contributed by atoms with Gasteiger partial charge in [-0.3, -0.25) is 19.7 Å². The van der Waals surface area contributed by atoms with Crippen LogP contribution in [-0.2, 0) is 22.7 Å². The SMILES string of the molecule is O=C1[C@@H]2[C@@H](C(=O)N1c1ccc(NCc3ccccc3Sc3ccccc3CO)c([N+](=O)[O-])c1)[C@H]1C=C[C@H]2C1. The van der Waals surface area contributed by atoms with Gasteiger partial charge in [0.2, 0.25) is 11.8 Å². The highest BCUT2D eigenvalue weighted by atomic mass is 32.2. The molecule has 2 bridgehead atoms. The predicted octanol–water partition coefficient (Wildman–Crippen LogP) is 5.16. The van der Waals surface area contributed by atoms with Crippen molar-refractivity contribution in [3.05, 3.63) is 100 Å². The zero-order chi connectivity index (χ0) is 26.4. The summed E-state index contributed by atoms with van der Waals surface area (Å²) < 4.78 is 0. The summed E-state index contributed by atoms with van der Waals surface area (Å²) >= 11 is 1.52. The van der Waals surface area contributed by atoms with Crippen LogP contribution in [0.4, 0.5) is 17.1 Å². The van der Waals surface area contributed by atoms with Crippen molar-refractivity contribution in [3.63, 3.8) is 0 Å². The second kappa shape index (κ2) is 9.74. The average molecular weight is 528 g/mol. The molecule has 2 aliphatic carbocycles. The van der Waals surface area contributed by atoms with Crippen LogP contribution < -0.4 is 10.2 Å². The molecule has 0 unspecified atom stereocenters. The lowest BCUT2D eigenvalue weighted by molar-refractivity contribution is -0.383. The van der Waals surface area contributed by atoms with Crippen molar-refractivity contribution in [1.82, 2.24) is 0 Å². The molecule has 2 amide bonds. The number of imide groups is 1. The summed E-state index contributed by atoms with van der Waals surface area (Å²) in [5, 5.41) is 24.8. The highest BCUT2D eigenvalue weighted by Crippen LogP contribution is 2.53. The van der Waals surface area contributed by atoms with Crippen LogP contribution in [0.15, 0.2) is 88.7 Å². The third-order valence-electron chi connectivity index (χ3n) is 7.71. The molecule has 3 aliphatic rings. The molecule has 4 atom stereocenters. The second-order valence-corrected chi connectivity index (χ2v) is 10.9. The van der Waals surface area contributed by atoms with Gasteiger partial charge in [0.15, 0.2) is 0 Å². The van der Waals surface area contributed by atoms with Crippen molar-refractivity contribution in [2.45, 2.75) is 29.4 Å².